The fourth-order valence-corrected chi connectivity index (χ4v) is 2.94. The molecule has 158 valence electrons. The van der Waals surface area contributed by atoms with Crippen molar-refractivity contribution in [1.29, 1.82) is 0 Å². The molecule has 0 aliphatic carbocycles. The lowest BCUT2D eigenvalue weighted by Gasteiger charge is -2.10. The highest BCUT2D eigenvalue weighted by molar-refractivity contribution is 6.31. The number of aryl methyl sites for hydroxylation is 1. The number of aromatic nitrogens is 2. The quantitative estimate of drug-likeness (QED) is 0.274. The van der Waals surface area contributed by atoms with E-state index in [0.29, 0.717) is 22.7 Å². The molecule has 0 fully saturated rings. The van der Waals surface area contributed by atoms with Crippen molar-refractivity contribution in [3.8, 4) is 0 Å². The van der Waals surface area contributed by atoms with Crippen LogP contribution in [0, 0.1) is 17.0 Å². The average molecular weight is 446 g/mol. The summed E-state index contributed by atoms with van der Waals surface area (Å²) in [6.07, 6.45) is -7.82. The van der Waals surface area contributed by atoms with Gasteiger partial charge in [-0.25, -0.2) is 31.9 Å². The maximum atomic E-state index is 13.5. The number of carbonyl (C=O) groups is 1. The maximum Gasteiger partial charge on any atom is 0.420 e. The molecule has 0 aliphatic rings. The molecule has 12 heteroatoms. The van der Waals surface area contributed by atoms with Gasteiger partial charge in [-0.2, -0.15) is 0 Å². The highest BCUT2D eigenvalue weighted by Crippen LogP contribution is 2.34. The molecular weight excluding hydrogens is 434 g/mol. The number of nitro benzene ring substituents is 1. The minimum atomic E-state index is -3.33. The summed E-state index contributed by atoms with van der Waals surface area (Å²) in [6, 6.07) is 5.97. The number of carbonyl (C=O) groups excluding carboxylic acids is 1. The van der Waals surface area contributed by atoms with E-state index in [1.807, 2.05) is 0 Å². The van der Waals surface area contributed by atoms with Gasteiger partial charge in [-0.1, -0.05) is 23.7 Å². The molecule has 0 spiro atoms. The van der Waals surface area contributed by atoms with Gasteiger partial charge in [0.2, 0.25) is 0 Å². The lowest BCUT2D eigenvalue weighted by atomic mass is 10.1. The third-order valence-corrected chi connectivity index (χ3v) is 4.62. The van der Waals surface area contributed by atoms with Crippen LogP contribution in [0.5, 0.6) is 0 Å². The second kappa shape index (κ2) is 8.27. The van der Waals surface area contributed by atoms with Gasteiger partial charge in [0.1, 0.15) is 6.61 Å². The summed E-state index contributed by atoms with van der Waals surface area (Å²) in [6.45, 7) is 1.38. The number of ether oxygens (including phenoxy) is 1. The molecule has 0 aliphatic heterocycles. The number of hydrogen-bond donors (Lipinski definition) is 0. The summed E-state index contributed by atoms with van der Waals surface area (Å²) in [7, 11) is 0. The lowest BCUT2D eigenvalue weighted by Crippen LogP contribution is -2.17. The van der Waals surface area contributed by atoms with Crippen molar-refractivity contribution in [3.63, 3.8) is 0 Å². The number of nitrogens with zero attached hydrogens (tertiary/aromatic N) is 3. The summed E-state index contributed by atoms with van der Waals surface area (Å²) in [4.78, 5) is 26.1. The van der Waals surface area contributed by atoms with E-state index in [0.717, 1.165) is 5.56 Å². The Morgan fingerprint density at radius 3 is 2.50 bits per heavy atom. The maximum absolute atomic E-state index is 13.5. The van der Waals surface area contributed by atoms with Crippen LogP contribution in [0.25, 0.3) is 11.0 Å². The Kier molecular flexibility index (Phi) is 5.92. The van der Waals surface area contributed by atoms with E-state index in [-0.39, 0.29) is 11.2 Å². The zero-order valence-corrected chi connectivity index (χ0v) is 15.9. The standard InChI is InChI=1S/C18H12ClF4N3O4/c1-8-2-3-9(4-11(8)19)7-30-18(27)25-12-5-10(15(20)21)6-13(26(28)29)14(12)24-17(25)16(22)23/h2-6,15-16H,7H2,1H3. The van der Waals surface area contributed by atoms with Gasteiger partial charge in [0, 0.05) is 16.7 Å². The number of nitro groups is 1. The van der Waals surface area contributed by atoms with Gasteiger partial charge in [0.05, 0.1) is 10.4 Å². The van der Waals surface area contributed by atoms with Crippen LogP contribution in [-0.2, 0) is 11.3 Å². The van der Waals surface area contributed by atoms with E-state index in [9.17, 15) is 32.5 Å². The first kappa shape index (κ1) is 21.5. The molecule has 0 unspecified atom stereocenters. The van der Waals surface area contributed by atoms with Gasteiger partial charge in [-0.3, -0.25) is 10.1 Å². The van der Waals surface area contributed by atoms with Crippen molar-refractivity contribution >= 4 is 34.4 Å². The molecular formula is C18H12ClF4N3O4. The van der Waals surface area contributed by atoms with E-state index in [2.05, 4.69) is 4.98 Å². The first-order valence-corrected chi connectivity index (χ1v) is 8.67. The van der Waals surface area contributed by atoms with Crippen LogP contribution in [0.15, 0.2) is 30.3 Å². The smallest absolute Gasteiger partial charge is 0.420 e. The topological polar surface area (TPSA) is 87.3 Å². The molecule has 1 aromatic heterocycles. The van der Waals surface area contributed by atoms with Crippen LogP contribution in [-0.4, -0.2) is 20.6 Å². The molecule has 0 amide bonds. The van der Waals surface area contributed by atoms with Gasteiger partial charge in [0.15, 0.2) is 11.3 Å². The molecule has 0 N–H and O–H groups in total. The Labute approximate surface area is 171 Å². The number of imidazole rings is 1. The van der Waals surface area contributed by atoms with Crippen LogP contribution < -0.4 is 0 Å². The number of halogens is 5. The van der Waals surface area contributed by atoms with Crippen molar-refractivity contribution < 1.29 is 32.0 Å². The summed E-state index contributed by atoms with van der Waals surface area (Å²) in [5, 5.41) is 11.6. The van der Waals surface area contributed by atoms with Crippen molar-refractivity contribution in [1.82, 2.24) is 9.55 Å². The third-order valence-electron chi connectivity index (χ3n) is 4.21. The zero-order valence-electron chi connectivity index (χ0n) is 15.1. The van der Waals surface area contributed by atoms with Gasteiger partial charge >= 0.3 is 6.09 Å². The summed E-state index contributed by atoms with van der Waals surface area (Å²) in [5.74, 6) is -1.16. The Balaban J connectivity index is 2.08. The number of non-ortho nitro benzene ring substituents is 1. The molecule has 0 bridgehead atoms. The summed E-state index contributed by atoms with van der Waals surface area (Å²) in [5.41, 5.74) is -1.76. The fourth-order valence-electron chi connectivity index (χ4n) is 2.74. The SMILES string of the molecule is Cc1ccc(COC(=O)n2c(C(F)F)nc3c([N+](=O)[O-])cc(C(F)F)cc32)cc1Cl. The number of alkyl halides is 4. The molecule has 0 radical (unpaired) electrons. The van der Waals surface area contributed by atoms with E-state index in [1.165, 1.54) is 6.07 Å². The van der Waals surface area contributed by atoms with E-state index in [4.69, 9.17) is 16.3 Å². The zero-order chi connectivity index (χ0) is 22.2. The molecule has 0 saturated carbocycles. The lowest BCUT2D eigenvalue weighted by molar-refractivity contribution is -0.383. The second-order valence-corrected chi connectivity index (χ2v) is 6.62. The Morgan fingerprint density at radius 1 is 1.23 bits per heavy atom. The van der Waals surface area contributed by atoms with Crippen molar-refractivity contribution in [2.75, 3.05) is 0 Å². The van der Waals surface area contributed by atoms with Crippen LogP contribution in [0.1, 0.15) is 35.4 Å². The molecule has 3 rings (SSSR count). The molecule has 3 aromatic rings. The minimum absolute atomic E-state index is 0.259. The number of fused-ring (bicyclic) bond motifs is 1. The highest BCUT2D eigenvalue weighted by Gasteiger charge is 2.30. The summed E-state index contributed by atoms with van der Waals surface area (Å²) >= 11 is 5.98. The molecule has 7 nitrogen and oxygen atoms in total. The Morgan fingerprint density at radius 2 is 1.93 bits per heavy atom. The van der Waals surface area contributed by atoms with Crippen LogP contribution in [0.2, 0.25) is 5.02 Å². The Hall–Kier alpha value is -3.21. The third kappa shape index (κ3) is 4.06. The van der Waals surface area contributed by atoms with Crippen LogP contribution >= 0.6 is 11.6 Å². The number of hydrogen-bond acceptors (Lipinski definition) is 5. The van der Waals surface area contributed by atoms with Crippen LogP contribution in [0.3, 0.4) is 0 Å². The van der Waals surface area contributed by atoms with E-state index >= 15 is 0 Å². The van der Waals surface area contributed by atoms with Crippen molar-refractivity contribution in [2.45, 2.75) is 26.4 Å². The molecule has 0 atom stereocenters. The minimum Gasteiger partial charge on any atom is -0.444 e. The first-order chi connectivity index (χ1) is 14.1. The normalized spacial score (nSPS) is 11.5. The highest BCUT2D eigenvalue weighted by atomic mass is 35.5. The Bertz CT molecular complexity index is 1150. The van der Waals surface area contributed by atoms with Gasteiger partial charge in [0.25, 0.3) is 18.5 Å². The monoisotopic (exact) mass is 445 g/mol. The molecule has 2 aromatic carbocycles. The summed E-state index contributed by atoms with van der Waals surface area (Å²) < 4.78 is 58.5. The molecule has 0 saturated heterocycles. The predicted molar refractivity (Wildman–Crippen MR) is 98.1 cm³/mol. The van der Waals surface area contributed by atoms with E-state index in [1.54, 1.807) is 19.1 Å². The van der Waals surface area contributed by atoms with Crippen molar-refractivity contribution in [2.24, 2.45) is 0 Å². The van der Waals surface area contributed by atoms with Crippen molar-refractivity contribution in [3.05, 3.63) is 68.0 Å². The largest absolute Gasteiger partial charge is 0.444 e. The first-order valence-electron chi connectivity index (χ1n) is 8.29. The number of rotatable bonds is 5. The molecule has 30 heavy (non-hydrogen) atoms. The van der Waals surface area contributed by atoms with Gasteiger partial charge in [-0.15, -0.1) is 0 Å². The second-order valence-electron chi connectivity index (χ2n) is 6.21. The predicted octanol–water partition coefficient (Wildman–Crippen LogP) is 5.97. The molecule has 1 heterocycles. The number of benzene rings is 2. The van der Waals surface area contributed by atoms with Crippen LogP contribution in [0.4, 0.5) is 28.0 Å². The van der Waals surface area contributed by atoms with E-state index < -0.39 is 52.0 Å². The van der Waals surface area contributed by atoms with Gasteiger partial charge < -0.3 is 4.74 Å². The average Bonchev–Trinajstić information content (AvgIpc) is 3.07. The van der Waals surface area contributed by atoms with Gasteiger partial charge in [-0.05, 0) is 30.2 Å². The fraction of sp³-hybridized carbons (Fsp3) is 0.222.